The van der Waals surface area contributed by atoms with Gasteiger partial charge < -0.3 is 5.73 Å². The Kier molecular flexibility index (Phi) is 3.19. The number of nitrogen functional groups attached to an aromatic ring is 1. The van der Waals surface area contributed by atoms with Crippen molar-refractivity contribution >= 4 is 5.95 Å². The fourth-order valence-electron chi connectivity index (χ4n) is 1.82. The van der Waals surface area contributed by atoms with Gasteiger partial charge >= 0.3 is 0 Å². The Morgan fingerprint density at radius 3 is 2.61 bits per heavy atom. The topological polar surface area (TPSA) is 106 Å². The SMILES string of the molecule is CCc1nnc(-n2cnc(N)n2)c(C#N)c1CC. The van der Waals surface area contributed by atoms with Gasteiger partial charge in [-0.25, -0.2) is 4.98 Å². The monoisotopic (exact) mass is 243 g/mol. The molecule has 7 heteroatoms. The van der Waals surface area contributed by atoms with Gasteiger partial charge in [0.1, 0.15) is 18.0 Å². The van der Waals surface area contributed by atoms with Gasteiger partial charge in [0.15, 0.2) is 5.82 Å². The van der Waals surface area contributed by atoms with Crippen molar-refractivity contribution in [2.75, 3.05) is 5.73 Å². The summed E-state index contributed by atoms with van der Waals surface area (Å²) in [6.07, 6.45) is 2.88. The van der Waals surface area contributed by atoms with E-state index in [9.17, 15) is 5.26 Å². The first-order chi connectivity index (χ1) is 8.71. The quantitative estimate of drug-likeness (QED) is 0.847. The van der Waals surface area contributed by atoms with Gasteiger partial charge in [-0.1, -0.05) is 13.8 Å². The number of nitriles is 1. The maximum atomic E-state index is 9.31. The molecule has 7 nitrogen and oxygen atoms in total. The number of aromatic nitrogens is 5. The Labute approximate surface area is 104 Å². The molecule has 0 bridgehead atoms. The molecule has 0 fully saturated rings. The van der Waals surface area contributed by atoms with Gasteiger partial charge in [0, 0.05) is 0 Å². The number of nitrogens with two attached hydrogens (primary N) is 1. The van der Waals surface area contributed by atoms with E-state index in [0.29, 0.717) is 11.4 Å². The van der Waals surface area contributed by atoms with Gasteiger partial charge in [0.25, 0.3) is 0 Å². The maximum absolute atomic E-state index is 9.31. The summed E-state index contributed by atoms with van der Waals surface area (Å²) in [5.41, 5.74) is 7.68. The molecule has 2 aromatic heterocycles. The van der Waals surface area contributed by atoms with Crippen LogP contribution in [0.5, 0.6) is 0 Å². The normalized spacial score (nSPS) is 10.3. The zero-order valence-corrected chi connectivity index (χ0v) is 10.3. The molecular formula is C11H13N7. The lowest BCUT2D eigenvalue weighted by Crippen LogP contribution is -2.10. The van der Waals surface area contributed by atoms with Crippen molar-refractivity contribution in [3.8, 4) is 11.9 Å². The van der Waals surface area contributed by atoms with E-state index in [1.54, 1.807) is 0 Å². The molecular weight excluding hydrogens is 230 g/mol. The molecule has 0 amide bonds. The van der Waals surface area contributed by atoms with E-state index in [0.717, 1.165) is 24.1 Å². The molecule has 0 radical (unpaired) electrons. The van der Waals surface area contributed by atoms with E-state index < -0.39 is 0 Å². The molecule has 18 heavy (non-hydrogen) atoms. The van der Waals surface area contributed by atoms with E-state index in [1.165, 1.54) is 11.0 Å². The van der Waals surface area contributed by atoms with Gasteiger partial charge in [-0.15, -0.1) is 10.2 Å². The third-order valence-electron chi connectivity index (χ3n) is 2.67. The predicted molar refractivity (Wildman–Crippen MR) is 64.8 cm³/mol. The highest BCUT2D eigenvalue weighted by Gasteiger charge is 2.16. The molecule has 2 rings (SSSR count). The van der Waals surface area contributed by atoms with Crippen molar-refractivity contribution in [2.45, 2.75) is 26.7 Å². The van der Waals surface area contributed by atoms with Gasteiger partial charge in [-0.3, -0.25) is 0 Å². The molecule has 0 spiro atoms. The summed E-state index contributed by atoms with van der Waals surface area (Å²) in [4.78, 5) is 3.82. The summed E-state index contributed by atoms with van der Waals surface area (Å²) in [5.74, 6) is 0.508. The predicted octanol–water partition coefficient (Wildman–Crippen LogP) is 0.636. The van der Waals surface area contributed by atoms with Crippen LogP contribution in [-0.2, 0) is 12.8 Å². The zero-order valence-electron chi connectivity index (χ0n) is 10.3. The molecule has 0 aliphatic carbocycles. The Bertz CT molecular complexity index is 608. The van der Waals surface area contributed by atoms with E-state index >= 15 is 0 Å². The summed E-state index contributed by atoms with van der Waals surface area (Å²) in [7, 11) is 0. The second-order valence-electron chi connectivity index (χ2n) is 3.69. The lowest BCUT2D eigenvalue weighted by atomic mass is 10.0. The van der Waals surface area contributed by atoms with Gasteiger partial charge in [0.2, 0.25) is 5.95 Å². The summed E-state index contributed by atoms with van der Waals surface area (Å²) >= 11 is 0. The maximum Gasteiger partial charge on any atom is 0.239 e. The van der Waals surface area contributed by atoms with Crippen LogP contribution in [0.4, 0.5) is 5.95 Å². The molecule has 2 heterocycles. The highest BCUT2D eigenvalue weighted by molar-refractivity contribution is 5.49. The van der Waals surface area contributed by atoms with Crippen LogP contribution in [0.3, 0.4) is 0 Å². The molecule has 2 N–H and O–H groups in total. The number of anilines is 1. The number of hydrogen-bond donors (Lipinski definition) is 1. The minimum Gasteiger partial charge on any atom is -0.366 e. The van der Waals surface area contributed by atoms with Crippen LogP contribution < -0.4 is 5.73 Å². The van der Waals surface area contributed by atoms with Crippen molar-refractivity contribution in [3.63, 3.8) is 0 Å². The number of rotatable bonds is 3. The lowest BCUT2D eigenvalue weighted by Gasteiger charge is -2.09. The minimum atomic E-state index is 0.137. The van der Waals surface area contributed by atoms with Crippen LogP contribution in [0.1, 0.15) is 30.7 Å². The Morgan fingerprint density at radius 1 is 1.33 bits per heavy atom. The number of aryl methyl sites for hydroxylation is 1. The smallest absolute Gasteiger partial charge is 0.239 e. The van der Waals surface area contributed by atoms with Gasteiger partial charge in [-0.2, -0.15) is 15.0 Å². The standard InChI is InChI=1S/C11H13N7/c1-3-7-8(5-12)10(16-15-9(7)4-2)18-6-14-11(13)17-18/h6H,3-4H2,1-2H3,(H2,13,17). The summed E-state index contributed by atoms with van der Waals surface area (Å²) in [6.45, 7) is 3.97. The zero-order chi connectivity index (χ0) is 13.1. The van der Waals surface area contributed by atoms with E-state index in [2.05, 4.69) is 26.3 Å². The first-order valence-electron chi connectivity index (χ1n) is 5.67. The lowest BCUT2D eigenvalue weighted by molar-refractivity contribution is 0.779. The van der Waals surface area contributed by atoms with E-state index in [1.807, 2.05) is 13.8 Å². The summed E-state index contributed by atoms with van der Waals surface area (Å²) in [5, 5.41) is 21.4. The molecule has 0 aliphatic heterocycles. The van der Waals surface area contributed by atoms with E-state index in [-0.39, 0.29) is 5.95 Å². The van der Waals surface area contributed by atoms with Crippen LogP contribution >= 0.6 is 0 Å². The van der Waals surface area contributed by atoms with Gasteiger partial charge in [0.05, 0.1) is 5.69 Å². The van der Waals surface area contributed by atoms with Crippen molar-refractivity contribution < 1.29 is 0 Å². The summed E-state index contributed by atoms with van der Waals surface area (Å²) < 4.78 is 1.37. The average molecular weight is 243 g/mol. The van der Waals surface area contributed by atoms with Crippen LogP contribution in [0, 0.1) is 11.3 Å². The minimum absolute atomic E-state index is 0.137. The molecule has 92 valence electrons. The molecule has 2 aromatic rings. The van der Waals surface area contributed by atoms with Crippen molar-refractivity contribution in [3.05, 3.63) is 23.1 Å². The van der Waals surface area contributed by atoms with Crippen molar-refractivity contribution in [2.24, 2.45) is 0 Å². The second-order valence-corrected chi connectivity index (χ2v) is 3.69. The molecule has 0 aromatic carbocycles. The Hall–Kier alpha value is -2.49. The van der Waals surface area contributed by atoms with Crippen LogP contribution in [0.25, 0.3) is 5.82 Å². The van der Waals surface area contributed by atoms with Crippen LogP contribution in [0.2, 0.25) is 0 Å². The third kappa shape index (κ3) is 1.88. The number of hydrogen-bond acceptors (Lipinski definition) is 6. The second kappa shape index (κ2) is 4.79. The van der Waals surface area contributed by atoms with Crippen molar-refractivity contribution in [1.29, 1.82) is 5.26 Å². The molecule has 0 aliphatic rings. The first-order valence-corrected chi connectivity index (χ1v) is 5.67. The largest absolute Gasteiger partial charge is 0.366 e. The van der Waals surface area contributed by atoms with Crippen LogP contribution in [-0.4, -0.2) is 25.0 Å². The van der Waals surface area contributed by atoms with Gasteiger partial charge in [-0.05, 0) is 18.4 Å². The molecule has 0 saturated carbocycles. The Morgan fingerprint density at radius 2 is 2.11 bits per heavy atom. The number of nitrogens with zero attached hydrogens (tertiary/aromatic N) is 6. The fourth-order valence-corrected chi connectivity index (χ4v) is 1.82. The van der Waals surface area contributed by atoms with Crippen LogP contribution in [0.15, 0.2) is 6.33 Å². The summed E-state index contributed by atoms with van der Waals surface area (Å²) in [6, 6.07) is 2.17. The first kappa shape index (κ1) is 12.0. The van der Waals surface area contributed by atoms with Crippen molar-refractivity contribution in [1.82, 2.24) is 25.0 Å². The molecule has 0 saturated heterocycles. The molecule has 0 atom stereocenters. The average Bonchev–Trinajstić information content (AvgIpc) is 2.83. The third-order valence-corrected chi connectivity index (χ3v) is 2.67. The fraction of sp³-hybridized carbons (Fsp3) is 0.364. The highest BCUT2D eigenvalue weighted by Crippen LogP contribution is 2.18. The molecule has 0 unspecified atom stereocenters. The Balaban J connectivity index is 2.66. The highest BCUT2D eigenvalue weighted by atomic mass is 15.4. The van der Waals surface area contributed by atoms with E-state index in [4.69, 9.17) is 5.73 Å².